The van der Waals surface area contributed by atoms with E-state index in [0.29, 0.717) is 27.1 Å². The van der Waals surface area contributed by atoms with Gasteiger partial charge in [0.1, 0.15) is 11.4 Å². The van der Waals surface area contributed by atoms with Crippen LogP contribution < -0.4 is 10.1 Å². The summed E-state index contributed by atoms with van der Waals surface area (Å²) in [6, 6.07) is 7.05. The van der Waals surface area contributed by atoms with E-state index in [1.165, 1.54) is 0 Å². The number of rotatable bonds is 4. The second kappa shape index (κ2) is 7.93. The molecule has 1 aromatic heterocycles. The summed E-state index contributed by atoms with van der Waals surface area (Å²) in [6.45, 7) is 5.64. The highest BCUT2D eigenvalue weighted by Gasteiger charge is 2.17. The molecule has 1 N–H and O–H groups in total. The monoisotopic (exact) mass is 382 g/mol. The molecular formula is C18H20Cl2N2O3. The topological polar surface area (TPSA) is 60.5 Å². The lowest BCUT2D eigenvalue weighted by Crippen LogP contribution is -2.32. The molecule has 25 heavy (non-hydrogen) atoms. The first kappa shape index (κ1) is 19.3. The van der Waals surface area contributed by atoms with Gasteiger partial charge in [-0.3, -0.25) is 4.98 Å². The van der Waals surface area contributed by atoms with Crippen LogP contribution in [0.2, 0.25) is 10.0 Å². The van der Waals surface area contributed by atoms with E-state index in [0.717, 1.165) is 5.56 Å². The Bertz CT molecular complexity index is 773. The second-order valence-corrected chi connectivity index (χ2v) is 7.12. The highest BCUT2D eigenvalue weighted by atomic mass is 35.5. The van der Waals surface area contributed by atoms with Gasteiger partial charge in [-0.2, -0.15) is 0 Å². The van der Waals surface area contributed by atoms with Crippen molar-refractivity contribution >= 4 is 29.3 Å². The molecule has 0 fully saturated rings. The number of methoxy groups -OCH3 is 1. The molecule has 5 nitrogen and oxygen atoms in total. The largest absolute Gasteiger partial charge is 0.496 e. The molecule has 7 heteroatoms. The number of pyridine rings is 1. The Morgan fingerprint density at radius 1 is 1.24 bits per heavy atom. The summed E-state index contributed by atoms with van der Waals surface area (Å²) in [7, 11) is 1.56. The molecule has 0 aliphatic rings. The van der Waals surface area contributed by atoms with Crippen LogP contribution in [-0.2, 0) is 11.3 Å². The van der Waals surface area contributed by atoms with E-state index in [1.54, 1.807) is 52.3 Å². The van der Waals surface area contributed by atoms with Crippen molar-refractivity contribution in [2.45, 2.75) is 32.9 Å². The summed E-state index contributed by atoms with van der Waals surface area (Å²) in [4.78, 5) is 16.0. The molecule has 0 aliphatic heterocycles. The number of carbonyl (C=O) groups excluding carboxylic acids is 1. The predicted molar refractivity (Wildman–Crippen MR) is 99.3 cm³/mol. The van der Waals surface area contributed by atoms with Gasteiger partial charge < -0.3 is 14.8 Å². The lowest BCUT2D eigenvalue weighted by molar-refractivity contribution is 0.0523. The number of amides is 1. The van der Waals surface area contributed by atoms with Gasteiger partial charge in [0.25, 0.3) is 0 Å². The van der Waals surface area contributed by atoms with Gasteiger partial charge >= 0.3 is 6.09 Å². The fraction of sp³-hybridized carbons (Fsp3) is 0.333. The molecule has 0 unspecified atom stereocenters. The predicted octanol–water partition coefficient (Wildman–Crippen LogP) is 5.09. The highest BCUT2D eigenvalue weighted by molar-refractivity contribution is 6.44. The molecule has 1 aromatic carbocycles. The molecule has 2 aromatic rings. The van der Waals surface area contributed by atoms with Gasteiger partial charge in [0.05, 0.1) is 29.4 Å². The first-order valence-corrected chi connectivity index (χ1v) is 8.41. The minimum absolute atomic E-state index is 0.225. The normalized spacial score (nSPS) is 11.1. The Balaban J connectivity index is 2.23. The summed E-state index contributed by atoms with van der Waals surface area (Å²) in [5.74, 6) is 0.603. The van der Waals surface area contributed by atoms with E-state index >= 15 is 0 Å². The third-order valence-corrected chi connectivity index (χ3v) is 4.00. The van der Waals surface area contributed by atoms with Crippen molar-refractivity contribution in [1.82, 2.24) is 10.3 Å². The average molecular weight is 383 g/mol. The average Bonchev–Trinajstić information content (AvgIpc) is 2.54. The number of hydrogen-bond donors (Lipinski definition) is 1. The van der Waals surface area contributed by atoms with E-state index < -0.39 is 11.7 Å². The molecule has 0 bridgehead atoms. The maximum absolute atomic E-state index is 11.8. The summed E-state index contributed by atoms with van der Waals surface area (Å²) >= 11 is 12.5. The number of halogens is 2. The van der Waals surface area contributed by atoms with E-state index in [4.69, 9.17) is 32.7 Å². The van der Waals surface area contributed by atoms with Crippen LogP contribution in [0.3, 0.4) is 0 Å². The number of nitrogens with one attached hydrogen (secondary N) is 1. The molecule has 0 saturated heterocycles. The molecule has 0 radical (unpaired) electrons. The van der Waals surface area contributed by atoms with Crippen LogP contribution in [0.15, 0.2) is 30.5 Å². The van der Waals surface area contributed by atoms with Crippen molar-refractivity contribution in [1.29, 1.82) is 0 Å². The van der Waals surface area contributed by atoms with E-state index in [1.807, 2.05) is 6.07 Å². The molecule has 0 aliphatic carbocycles. The Morgan fingerprint density at radius 3 is 2.60 bits per heavy atom. The summed E-state index contributed by atoms with van der Waals surface area (Å²) < 4.78 is 10.6. The molecule has 1 amide bonds. The third-order valence-electron chi connectivity index (χ3n) is 3.19. The molecule has 0 spiro atoms. The van der Waals surface area contributed by atoms with Crippen LogP contribution in [0.5, 0.6) is 5.75 Å². The second-order valence-electron chi connectivity index (χ2n) is 6.33. The molecule has 2 rings (SSSR count). The van der Waals surface area contributed by atoms with Gasteiger partial charge in [-0.1, -0.05) is 23.2 Å². The lowest BCUT2D eigenvalue weighted by Gasteiger charge is -2.19. The number of benzene rings is 1. The molecule has 0 saturated carbocycles. The van der Waals surface area contributed by atoms with E-state index in [2.05, 4.69) is 10.3 Å². The zero-order valence-electron chi connectivity index (χ0n) is 14.5. The standard InChI is InChI=1S/C18H20Cl2N2O3/c1-18(2,3)25-17(23)22-10-12-9-11(7-8-21-12)15-14(24-4)6-5-13(19)16(15)20/h5-9H,10H2,1-4H3,(H,22,23). The lowest BCUT2D eigenvalue weighted by atomic mass is 10.0. The van der Waals surface area contributed by atoms with E-state index in [-0.39, 0.29) is 6.54 Å². The van der Waals surface area contributed by atoms with Crippen molar-refractivity contribution in [3.8, 4) is 16.9 Å². The molecule has 134 valence electrons. The van der Waals surface area contributed by atoms with Crippen molar-refractivity contribution in [3.05, 3.63) is 46.2 Å². The maximum atomic E-state index is 11.8. The van der Waals surface area contributed by atoms with Gasteiger partial charge in [0.2, 0.25) is 0 Å². The van der Waals surface area contributed by atoms with Crippen LogP contribution >= 0.6 is 23.2 Å². The quantitative estimate of drug-likeness (QED) is 0.799. The van der Waals surface area contributed by atoms with Gasteiger partial charge in [0, 0.05) is 11.8 Å². The van der Waals surface area contributed by atoms with Crippen LogP contribution in [0.4, 0.5) is 4.79 Å². The Labute approximate surface area is 157 Å². The fourth-order valence-corrected chi connectivity index (χ4v) is 2.60. The number of alkyl carbamates (subject to hydrolysis) is 1. The summed E-state index contributed by atoms with van der Waals surface area (Å²) in [6.07, 6.45) is 1.14. The maximum Gasteiger partial charge on any atom is 0.407 e. The van der Waals surface area contributed by atoms with E-state index in [9.17, 15) is 4.79 Å². The van der Waals surface area contributed by atoms with Crippen LogP contribution in [-0.4, -0.2) is 23.8 Å². The summed E-state index contributed by atoms with van der Waals surface area (Å²) in [5, 5.41) is 3.51. The Kier molecular flexibility index (Phi) is 6.14. The van der Waals surface area contributed by atoms with Gasteiger partial charge in [-0.15, -0.1) is 0 Å². The minimum Gasteiger partial charge on any atom is -0.496 e. The third kappa shape index (κ3) is 5.25. The Hall–Kier alpha value is -1.98. The number of hydrogen-bond acceptors (Lipinski definition) is 4. The SMILES string of the molecule is COc1ccc(Cl)c(Cl)c1-c1ccnc(CNC(=O)OC(C)(C)C)c1. The van der Waals surface area contributed by atoms with Crippen molar-refractivity contribution < 1.29 is 14.3 Å². The van der Waals surface area contributed by atoms with Crippen molar-refractivity contribution in [2.24, 2.45) is 0 Å². The molecular weight excluding hydrogens is 363 g/mol. The molecule has 1 heterocycles. The van der Waals surface area contributed by atoms with Crippen LogP contribution in [0, 0.1) is 0 Å². The molecule has 0 atom stereocenters. The Morgan fingerprint density at radius 2 is 1.96 bits per heavy atom. The first-order valence-electron chi connectivity index (χ1n) is 7.65. The zero-order chi connectivity index (χ0) is 18.6. The van der Waals surface area contributed by atoms with Crippen molar-refractivity contribution in [3.63, 3.8) is 0 Å². The fourth-order valence-electron chi connectivity index (χ4n) is 2.18. The van der Waals surface area contributed by atoms with Crippen LogP contribution in [0.25, 0.3) is 11.1 Å². The number of aromatic nitrogens is 1. The van der Waals surface area contributed by atoms with Gasteiger partial charge in [-0.25, -0.2) is 4.79 Å². The number of nitrogens with zero attached hydrogens (tertiary/aromatic N) is 1. The smallest absolute Gasteiger partial charge is 0.407 e. The number of ether oxygens (including phenoxy) is 2. The van der Waals surface area contributed by atoms with Gasteiger partial charge in [-0.05, 0) is 50.6 Å². The summed E-state index contributed by atoms with van der Waals surface area (Å²) in [5.41, 5.74) is 1.57. The highest BCUT2D eigenvalue weighted by Crippen LogP contribution is 2.40. The van der Waals surface area contributed by atoms with Crippen molar-refractivity contribution in [2.75, 3.05) is 7.11 Å². The first-order chi connectivity index (χ1) is 11.7. The number of carbonyl (C=O) groups is 1. The van der Waals surface area contributed by atoms with Gasteiger partial charge in [0.15, 0.2) is 0 Å². The van der Waals surface area contributed by atoms with Crippen LogP contribution in [0.1, 0.15) is 26.5 Å². The zero-order valence-corrected chi connectivity index (χ0v) is 16.0. The minimum atomic E-state index is -0.555.